The normalized spacial score (nSPS) is 16.3. The van der Waals surface area contributed by atoms with Crippen molar-refractivity contribution in [1.82, 2.24) is 9.62 Å². The van der Waals surface area contributed by atoms with E-state index < -0.39 is 45.7 Å². The maximum absolute atomic E-state index is 13.2. The number of methoxy groups -OCH3 is 1. The van der Waals surface area contributed by atoms with Gasteiger partial charge in [-0.2, -0.15) is 4.31 Å². The lowest BCUT2D eigenvalue weighted by molar-refractivity contribution is -0.144. The second-order valence-corrected chi connectivity index (χ2v) is 12.8. The predicted molar refractivity (Wildman–Crippen MR) is 157 cm³/mol. The number of benzene rings is 3. The number of nitrogens with one attached hydrogen (secondary N) is 2. The minimum absolute atomic E-state index is 0.0113. The van der Waals surface area contributed by atoms with E-state index in [2.05, 4.69) is 10.6 Å². The lowest BCUT2D eigenvalue weighted by Crippen LogP contribution is -2.41. The van der Waals surface area contributed by atoms with Crippen molar-refractivity contribution >= 4 is 33.7 Å². The number of hydrogen-bond acceptors (Lipinski definition) is 7. The van der Waals surface area contributed by atoms with Gasteiger partial charge in [0.05, 0.1) is 18.0 Å². The van der Waals surface area contributed by atoms with Gasteiger partial charge in [-0.3, -0.25) is 9.59 Å². The van der Waals surface area contributed by atoms with Crippen LogP contribution < -0.4 is 10.6 Å². The summed E-state index contributed by atoms with van der Waals surface area (Å²) in [4.78, 5) is 37.9. The quantitative estimate of drug-likeness (QED) is 0.356. The zero-order chi connectivity index (χ0) is 30.5. The van der Waals surface area contributed by atoms with E-state index in [1.807, 2.05) is 36.4 Å². The van der Waals surface area contributed by atoms with Crippen LogP contribution in [0.4, 0.5) is 10.5 Å². The van der Waals surface area contributed by atoms with Crippen molar-refractivity contribution in [3.63, 3.8) is 0 Å². The van der Waals surface area contributed by atoms with Gasteiger partial charge >= 0.3 is 12.1 Å². The molecule has 0 radical (unpaired) electrons. The number of sulfonamides is 1. The zero-order valence-electron chi connectivity index (χ0n) is 24.0. The molecular weight excluding hydrogens is 558 g/mol. The van der Waals surface area contributed by atoms with Crippen LogP contribution in [-0.4, -0.2) is 56.0 Å². The molecule has 1 unspecified atom stereocenters. The summed E-state index contributed by atoms with van der Waals surface area (Å²) >= 11 is 0. The van der Waals surface area contributed by atoms with E-state index in [0.717, 1.165) is 9.87 Å². The van der Waals surface area contributed by atoms with Crippen molar-refractivity contribution in [3.8, 4) is 0 Å². The van der Waals surface area contributed by atoms with E-state index >= 15 is 0 Å². The molecule has 10 nitrogen and oxygen atoms in total. The molecule has 11 heteroatoms. The number of carbonyl (C=O) groups excluding carboxylic acids is 3. The number of amides is 2. The first-order valence-electron chi connectivity index (χ1n) is 13.5. The van der Waals surface area contributed by atoms with Crippen LogP contribution >= 0.6 is 0 Å². The standard InChI is InChI=1S/C31H35N3O7S/c1-31(2,3)41-30(37)33-27(21-10-6-5-7-11-21)22-12-8-13-23(20-22)28(35)32-24-15-17-25(18-16-24)42(38,39)34-19-9-14-26(34)29(36)40-4/h5-8,10-13,15-18,20,26-27H,9,14,19H2,1-4H3,(H,32,35)(H,33,37)/t26?,27-/m0/s1. The molecule has 0 aromatic heterocycles. The summed E-state index contributed by atoms with van der Waals surface area (Å²) in [6.45, 7) is 5.57. The van der Waals surface area contributed by atoms with Crippen molar-refractivity contribution in [1.29, 1.82) is 0 Å². The number of alkyl carbamates (subject to hydrolysis) is 1. The Morgan fingerprint density at radius 2 is 1.60 bits per heavy atom. The van der Waals surface area contributed by atoms with Crippen LogP contribution in [0.3, 0.4) is 0 Å². The summed E-state index contributed by atoms with van der Waals surface area (Å²) in [6, 6.07) is 20.6. The van der Waals surface area contributed by atoms with Crippen LogP contribution in [0.1, 0.15) is 61.1 Å². The Hall–Kier alpha value is -4.22. The fraction of sp³-hybridized carbons (Fsp3) is 0.323. The number of anilines is 1. The average molecular weight is 594 g/mol. The first-order chi connectivity index (χ1) is 19.9. The summed E-state index contributed by atoms with van der Waals surface area (Å²) in [5, 5.41) is 5.68. The highest BCUT2D eigenvalue weighted by Crippen LogP contribution is 2.28. The Morgan fingerprint density at radius 1 is 0.929 bits per heavy atom. The molecule has 3 aromatic carbocycles. The summed E-state index contributed by atoms with van der Waals surface area (Å²) < 4.78 is 37.8. The molecule has 0 saturated carbocycles. The molecule has 2 amide bonds. The molecule has 1 aliphatic heterocycles. The number of ether oxygens (including phenoxy) is 2. The predicted octanol–water partition coefficient (Wildman–Crippen LogP) is 4.88. The minimum atomic E-state index is -3.93. The van der Waals surface area contributed by atoms with Gasteiger partial charge in [-0.05, 0) is 81.1 Å². The van der Waals surface area contributed by atoms with E-state index in [1.54, 1.807) is 39.0 Å². The number of rotatable bonds is 8. The Bertz CT molecular complexity index is 1530. The molecule has 1 saturated heterocycles. The van der Waals surface area contributed by atoms with Crippen LogP contribution in [0.15, 0.2) is 83.8 Å². The SMILES string of the molecule is COC(=O)C1CCCN1S(=O)(=O)c1ccc(NC(=O)c2cccc([C@@H](NC(=O)OC(C)(C)C)c3ccccc3)c2)cc1. The first-order valence-corrected chi connectivity index (χ1v) is 15.0. The van der Waals surface area contributed by atoms with E-state index in [-0.39, 0.29) is 11.4 Å². The van der Waals surface area contributed by atoms with Crippen LogP contribution in [0.2, 0.25) is 0 Å². The smallest absolute Gasteiger partial charge is 0.408 e. The fourth-order valence-corrected chi connectivity index (χ4v) is 6.38. The van der Waals surface area contributed by atoms with Crippen LogP contribution in [0.5, 0.6) is 0 Å². The highest BCUT2D eigenvalue weighted by molar-refractivity contribution is 7.89. The largest absolute Gasteiger partial charge is 0.468 e. The van der Waals surface area contributed by atoms with E-state index in [0.29, 0.717) is 29.7 Å². The third kappa shape index (κ3) is 7.34. The first kappa shape index (κ1) is 30.7. The van der Waals surface area contributed by atoms with Crippen molar-refractivity contribution in [2.75, 3.05) is 19.0 Å². The summed E-state index contributed by atoms with van der Waals surface area (Å²) in [5.74, 6) is -1.00. The summed E-state index contributed by atoms with van der Waals surface area (Å²) in [5.41, 5.74) is 1.53. The third-order valence-corrected chi connectivity index (χ3v) is 8.59. The molecule has 0 aliphatic carbocycles. The number of carbonyl (C=O) groups is 3. The van der Waals surface area contributed by atoms with Gasteiger partial charge in [0.1, 0.15) is 11.6 Å². The lowest BCUT2D eigenvalue weighted by Gasteiger charge is -2.24. The van der Waals surface area contributed by atoms with Gasteiger partial charge in [-0.1, -0.05) is 42.5 Å². The van der Waals surface area contributed by atoms with Gasteiger partial charge < -0.3 is 20.1 Å². The van der Waals surface area contributed by atoms with Crippen molar-refractivity contribution in [2.45, 2.75) is 56.2 Å². The fourth-order valence-electron chi connectivity index (χ4n) is 4.74. The molecule has 42 heavy (non-hydrogen) atoms. The molecule has 1 aliphatic rings. The molecule has 2 atom stereocenters. The summed E-state index contributed by atoms with van der Waals surface area (Å²) in [6.07, 6.45) is 0.371. The van der Waals surface area contributed by atoms with E-state index in [1.165, 1.54) is 31.4 Å². The van der Waals surface area contributed by atoms with Crippen molar-refractivity contribution < 1.29 is 32.3 Å². The Morgan fingerprint density at radius 3 is 2.24 bits per heavy atom. The van der Waals surface area contributed by atoms with Gasteiger partial charge in [0, 0.05) is 17.8 Å². The highest BCUT2D eigenvalue weighted by Gasteiger charge is 2.40. The van der Waals surface area contributed by atoms with Crippen LogP contribution in [0, 0.1) is 0 Å². The van der Waals surface area contributed by atoms with Crippen molar-refractivity contribution in [2.24, 2.45) is 0 Å². The van der Waals surface area contributed by atoms with Gasteiger partial charge in [-0.25, -0.2) is 13.2 Å². The van der Waals surface area contributed by atoms with Gasteiger partial charge in [0.2, 0.25) is 10.0 Å². The van der Waals surface area contributed by atoms with Crippen LogP contribution in [0.25, 0.3) is 0 Å². The second kappa shape index (κ2) is 12.7. The van der Waals surface area contributed by atoms with Crippen LogP contribution in [-0.2, 0) is 24.3 Å². The maximum Gasteiger partial charge on any atom is 0.408 e. The minimum Gasteiger partial charge on any atom is -0.468 e. The molecule has 222 valence electrons. The van der Waals surface area contributed by atoms with Gasteiger partial charge in [0.15, 0.2) is 0 Å². The molecule has 0 spiro atoms. The maximum atomic E-state index is 13.2. The number of hydrogen-bond donors (Lipinski definition) is 2. The lowest BCUT2D eigenvalue weighted by atomic mass is 9.97. The van der Waals surface area contributed by atoms with E-state index in [4.69, 9.17) is 9.47 Å². The molecule has 0 bridgehead atoms. The molecule has 2 N–H and O–H groups in total. The summed E-state index contributed by atoms with van der Waals surface area (Å²) in [7, 11) is -2.69. The molecule has 4 rings (SSSR count). The molecule has 1 heterocycles. The monoisotopic (exact) mass is 593 g/mol. The van der Waals surface area contributed by atoms with Gasteiger partial charge in [0.25, 0.3) is 5.91 Å². The number of nitrogens with zero attached hydrogens (tertiary/aromatic N) is 1. The number of esters is 1. The van der Waals surface area contributed by atoms with Gasteiger partial charge in [-0.15, -0.1) is 0 Å². The van der Waals surface area contributed by atoms with Crippen molar-refractivity contribution in [3.05, 3.63) is 95.6 Å². The molecule has 1 fully saturated rings. The highest BCUT2D eigenvalue weighted by atomic mass is 32.2. The topological polar surface area (TPSA) is 131 Å². The Balaban J connectivity index is 1.51. The average Bonchev–Trinajstić information content (AvgIpc) is 3.47. The molecule has 3 aromatic rings. The van der Waals surface area contributed by atoms with E-state index in [9.17, 15) is 22.8 Å². The second-order valence-electron chi connectivity index (χ2n) is 10.9. The zero-order valence-corrected chi connectivity index (χ0v) is 24.8. The Kier molecular flexibility index (Phi) is 9.33. The Labute approximate surface area is 246 Å². The third-order valence-electron chi connectivity index (χ3n) is 6.67. The molecular formula is C31H35N3O7S.